The molecule has 0 heterocycles. The maximum atomic E-state index is 12.4. The Bertz CT molecular complexity index is 666. The van der Waals surface area contributed by atoms with E-state index in [1.165, 1.54) is 0 Å². The molecule has 23 heavy (non-hydrogen) atoms. The second kappa shape index (κ2) is 8.23. The summed E-state index contributed by atoms with van der Waals surface area (Å²) in [4.78, 5) is 12.4. The van der Waals surface area contributed by atoms with Crippen molar-refractivity contribution in [1.82, 2.24) is 0 Å². The first kappa shape index (κ1) is 17.6. The Kier molecular flexibility index (Phi) is 6.31. The zero-order valence-corrected chi connectivity index (χ0v) is 14.6. The molecular formula is C18H19Cl2NO2. The van der Waals surface area contributed by atoms with Crippen LogP contribution in [0.5, 0.6) is 5.75 Å². The molecular weight excluding hydrogens is 333 g/mol. The highest BCUT2D eigenvalue weighted by atomic mass is 35.5. The van der Waals surface area contributed by atoms with Crippen LogP contribution in [0.2, 0.25) is 10.0 Å². The Labute approximate surface area is 146 Å². The number of anilines is 1. The van der Waals surface area contributed by atoms with Gasteiger partial charge in [0.1, 0.15) is 5.75 Å². The predicted octanol–water partition coefficient (Wildman–Crippen LogP) is 5.67. The maximum Gasteiger partial charge on any atom is 0.255 e. The van der Waals surface area contributed by atoms with Crippen LogP contribution < -0.4 is 10.1 Å². The number of carbonyl (C=O) groups is 1. The molecule has 3 nitrogen and oxygen atoms in total. The molecule has 1 N–H and O–H groups in total. The van der Waals surface area contributed by atoms with Crippen molar-refractivity contribution in [3.05, 3.63) is 58.1 Å². The fourth-order valence-electron chi connectivity index (χ4n) is 1.94. The van der Waals surface area contributed by atoms with Gasteiger partial charge in [-0.3, -0.25) is 4.79 Å². The highest BCUT2D eigenvalue weighted by molar-refractivity contribution is 6.40. The van der Waals surface area contributed by atoms with Gasteiger partial charge in [0.05, 0.1) is 22.3 Å². The number of carbonyl (C=O) groups excluding carboxylic acids is 1. The summed E-state index contributed by atoms with van der Waals surface area (Å²) >= 11 is 12.1. The molecule has 0 bridgehead atoms. The van der Waals surface area contributed by atoms with Gasteiger partial charge in [-0.1, -0.05) is 49.2 Å². The SMILES string of the molecule is CC(C)CCOc1cccc(C(=O)Nc2c(Cl)cccc2Cl)c1. The minimum atomic E-state index is -0.283. The minimum Gasteiger partial charge on any atom is -0.494 e. The van der Waals surface area contributed by atoms with Crippen molar-refractivity contribution in [3.8, 4) is 5.75 Å². The lowest BCUT2D eigenvalue weighted by Crippen LogP contribution is -2.13. The fourth-order valence-corrected chi connectivity index (χ4v) is 2.43. The summed E-state index contributed by atoms with van der Waals surface area (Å²) < 4.78 is 5.67. The average molecular weight is 352 g/mol. The molecule has 0 saturated heterocycles. The topological polar surface area (TPSA) is 38.3 Å². The first-order valence-corrected chi connectivity index (χ1v) is 8.21. The molecule has 0 aliphatic carbocycles. The predicted molar refractivity (Wildman–Crippen MR) is 95.8 cm³/mol. The summed E-state index contributed by atoms with van der Waals surface area (Å²) in [7, 11) is 0. The van der Waals surface area contributed by atoms with Crippen molar-refractivity contribution >= 4 is 34.8 Å². The average Bonchev–Trinajstić information content (AvgIpc) is 2.51. The number of benzene rings is 2. The highest BCUT2D eigenvalue weighted by Gasteiger charge is 2.12. The molecule has 1 amide bonds. The van der Waals surface area contributed by atoms with E-state index in [9.17, 15) is 4.79 Å². The number of nitrogens with one attached hydrogen (secondary N) is 1. The maximum absolute atomic E-state index is 12.4. The van der Waals surface area contributed by atoms with Gasteiger partial charge in [0.2, 0.25) is 0 Å². The van der Waals surface area contributed by atoms with Gasteiger partial charge in [0.25, 0.3) is 5.91 Å². The summed E-state index contributed by atoms with van der Waals surface area (Å²) in [5, 5.41) is 3.53. The van der Waals surface area contributed by atoms with Crippen LogP contribution in [0.4, 0.5) is 5.69 Å². The number of para-hydroxylation sites is 1. The molecule has 0 aliphatic rings. The van der Waals surface area contributed by atoms with E-state index in [0.29, 0.717) is 39.6 Å². The Morgan fingerprint density at radius 3 is 2.43 bits per heavy atom. The number of hydrogen-bond acceptors (Lipinski definition) is 2. The Hall–Kier alpha value is -1.71. The minimum absolute atomic E-state index is 0.283. The fraction of sp³-hybridized carbons (Fsp3) is 0.278. The van der Waals surface area contributed by atoms with Crippen LogP contribution in [0.15, 0.2) is 42.5 Å². The number of hydrogen-bond donors (Lipinski definition) is 1. The van der Waals surface area contributed by atoms with Gasteiger partial charge in [-0.2, -0.15) is 0 Å². The van der Waals surface area contributed by atoms with Crippen molar-refractivity contribution in [2.24, 2.45) is 5.92 Å². The molecule has 0 atom stereocenters. The van der Waals surface area contributed by atoms with Crippen molar-refractivity contribution in [3.63, 3.8) is 0 Å². The largest absolute Gasteiger partial charge is 0.494 e. The lowest BCUT2D eigenvalue weighted by Gasteiger charge is -2.11. The van der Waals surface area contributed by atoms with E-state index in [2.05, 4.69) is 19.2 Å². The van der Waals surface area contributed by atoms with Crippen LogP contribution in [-0.4, -0.2) is 12.5 Å². The molecule has 0 unspecified atom stereocenters. The second-order valence-electron chi connectivity index (χ2n) is 5.61. The lowest BCUT2D eigenvalue weighted by molar-refractivity contribution is 0.102. The van der Waals surface area contributed by atoms with Crippen molar-refractivity contribution < 1.29 is 9.53 Å². The molecule has 0 saturated carbocycles. The summed E-state index contributed by atoms with van der Waals surface area (Å²) in [5.41, 5.74) is 0.898. The Morgan fingerprint density at radius 2 is 1.78 bits per heavy atom. The molecule has 5 heteroatoms. The summed E-state index contributed by atoms with van der Waals surface area (Å²) in [6, 6.07) is 12.1. The molecule has 0 aromatic heterocycles. The highest BCUT2D eigenvalue weighted by Crippen LogP contribution is 2.30. The van der Waals surface area contributed by atoms with Crippen molar-refractivity contribution in [1.29, 1.82) is 0 Å². The van der Waals surface area contributed by atoms with Crippen LogP contribution in [0, 0.1) is 5.92 Å². The van der Waals surface area contributed by atoms with Crippen LogP contribution in [0.3, 0.4) is 0 Å². The second-order valence-corrected chi connectivity index (χ2v) is 6.42. The van der Waals surface area contributed by atoms with Gasteiger partial charge >= 0.3 is 0 Å². The summed E-state index contributed by atoms with van der Waals surface area (Å²) in [6.45, 7) is 4.90. The molecule has 0 spiro atoms. The van der Waals surface area contributed by atoms with Crippen LogP contribution in [0.1, 0.15) is 30.6 Å². The van der Waals surface area contributed by atoms with Crippen molar-refractivity contribution in [2.75, 3.05) is 11.9 Å². The molecule has 0 aliphatic heterocycles. The molecule has 2 rings (SSSR count). The van der Waals surface area contributed by atoms with Gasteiger partial charge < -0.3 is 10.1 Å². The van der Waals surface area contributed by atoms with Gasteiger partial charge in [0, 0.05) is 5.56 Å². The van der Waals surface area contributed by atoms with E-state index in [0.717, 1.165) is 6.42 Å². The van der Waals surface area contributed by atoms with Gasteiger partial charge in [-0.05, 0) is 42.7 Å². The zero-order chi connectivity index (χ0) is 16.8. The lowest BCUT2D eigenvalue weighted by atomic mass is 10.1. The molecule has 0 fully saturated rings. The van der Waals surface area contributed by atoms with Crippen LogP contribution >= 0.6 is 23.2 Å². The number of ether oxygens (including phenoxy) is 1. The van der Waals surface area contributed by atoms with E-state index >= 15 is 0 Å². The van der Waals surface area contributed by atoms with Crippen molar-refractivity contribution in [2.45, 2.75) is 20.3 Å². The Balaban J connectivity index is 2.08. The van der Waals surface area contributed by atoms with E-state index in [4.69, 9.17) is 27.9 Å². The normalized spacial score (nSPS) is 10.7. The van der Waals surface area contributed by atoms with E-state index < -0.39 is 0 Å². The summed E-state index contributed by atoms with van der Waals surface area (Å²) in [5.74, 6) is 0.960. The third kappa shape index (κ3) is 5.15. The van der Waals surface area contributed by atoms with Crippen LogP contribution in [0.25, 0.3) is 0 Å². The molecule has 0 radical (unpaired) electrons. The smallest absolute Gasteiger partial charge is 0.255 e. The first-order valence-electron chi connectivity index (χ1n) is 7.45. The monoisotopic (exact) mass is 351 g/mol. The van der Waals surface area contributed by atoms with Crippen LogP contribution in [-0.2, 0) is 0 Å². The summed E-state index contributed by atoms with van der Waals surface area (Å²) in [6.07, 6.45) is 0.964. The van der Waals surface area contributed by atoms with Gasteiger partial charge in [-0.15, -0.1) is 0 Å². The Morgan fingerprint density at radius 1 is 1.13 bits per heavy atom. The molecule has 2 aromatic rings. The van der Waals surface area contributed by atoms with Gasteiger partial charge in [0.15, 0.2) is 0 Å². The quantitative estimate of drug-likeness (QED) is 0.727. The molecule has 2 aromatic carbocycles. The van der Waals surface area contributed by atoms with E-state index in [-0.39, 0.29) is 5.91 Å². The first-order chi connectivity index (χ1) is 11.0. The third-order valence-electron chi connectivity index (χ3n) is 3.26. The van der Waals surface area contributed by atoms with E-state index in [1.54, 1.807) is 36.4 Å². The standard InChI is InChI=1S/C18H19Cl2NO2/c1-12(2)9-10-23-14-6-3-5-13(11-14)18(22)21-17-15(19)7-4-8-16(17)20/h3-8,11-12H,9-10H2,1-2H3,(H,21,22). The van der Waals surface area contributed by atoms with E-state index in [1.807, 2.05) is 6.07 Å². The number of rotatable bonds is 6. The molecule has 122 valence electrons. The zero-order valence-electron chi connectivity index (χ0n) is 13.1. The number of halogens is 2. The van der Waals surface area contributed by atoms with Gasteiger partial charge in [-0.25, -0.2) is 0 Å². The third-order valence-corrected chi connectivity index (χ3v) is 3.89. The number of amides is 1.